The van der Waals surface area contributed by atoms with Crippen LogP contribution in [0.3, 0.4) is 0 Å². The number of carboxylic acid groups (broad SMARTS) is 1. The zero-order valence-electron chi connectivity index (χ0n) is 13.1. The normalized spacial score (nSPS) is 11.7. The molecule has 0 aliphatic heterocycles. The van der Waals surface area contributed by atoms with Crippen LogP contribution in [-0.4, -0.2) is 27.7 Å². The van der Waals surface area contributed by atoms with E-state index in [9.17, 15) is 14.4 Å². The summed E-state index contributed by atoms with van der Waals surface area (Å²) in [5, 5.41) is 8.78. The van der Waals surface area contributed by atoms with Gasteiger partial charge < -0.3 is 5.11 Å². The van der Waals surface area contributed by atoms with Crippen LogP contribution in [0.25, 0.3) is 0 Å². The molecular weight excluding hydrogens is 324 g/mol. The monoisotopic (exact) mass is 342 g/mol. The van der Waals surface area contributed by atoms with Gasteiger partial charge in [-0.05, 0) is 12.0 Å². The highest BCUT2D eigenvalue weighted by Gasteiger charge is 2.23. The minimum Gasteiger partial charge on any atom is -0.481 e. The molecule has 2 aromatic carbocycles. The zero-order chi connectivity index (χ0) is 17.4. The van der Waals surface area contributed by atoms with Crippen LogP contribution in [0.4, 0.5) is 0 Å². The molecule has 0 amide bonds. The van der Waals surface area contributed by atoms with Crippen molar-refractivity contribution in [1.82, 2.24) is 0 Å². The van der Waals surface area contributed by atoms with Crippen LogP contribution in [0.15, 0.2) is 60.7 Å². The van der Waals surface area contributed by atoms with Crippen molar-refractivity contribution in [2.24, 2.45) is 5.92 Å². The van der Waals surface area contributed by atoms with Crippen molar-refractivity contribution in [2.45, 2.75) is 12.8 Å². The maximum Gasteiger partial charge on any atom is 0.304 e. The fraction of sp³-hybridized carbons (Fsp3) is 0.211. The lowest BCUT2D eigenvalue weighted by Gasteiger charge is -2.13. The molecule has 5 heteroatoms. The van der Waals surface area contributed by atoms with E-state index in [1.165, 1.54) is 0 Å². The minimum atomic E-state index is -1.01. The maximum atomic E-state index is 12.4. The van der Waals surface area contributed by atoms with E-state index in [-0.39, 0.29) is 23.1 Å². The molecule has 0 saturated heterocycles. The van der Waals surface area contributed by atoms with Crippen molar-refractivity contribution < 1.29 is 19.5 Å². The van der Waals surface area contributed by atoms with Gasteiger partial charge in [0.2, 0.25) is 0 Å². The number of benzene rings is 2. The Morgan fingerprint density at radius 1 is 0.917 bits per heavy atom. The summed E-state index contributed by atoms with van der Waals surface area (Å²) >= 11 is 0.897. The second kappa shape index (κ2) is 9.03. The van der Waals surface area contributed by atoms with Gasteiger partial charge in [0.05, 0.1) is 12.2 Å². The third-order valence-corrected chi connectivity index (χ3v) is 4.54. The lowest BCUT2D eigenvalue weighted by atomic mass is 9.97. The quantitative estimate of drug-likeness (QED) is 0.744. The number of carboxylic acids is 1. The summed E-state index contributed by atoms with van der Waals surface area (Å²) in [6.45, 7) is 0. The van der Waals surface area contributed by atoms with Gasteiger partial charge in [0.1, 0.15) is 0 Å². The molecule has 0 bridgehead atoms. The molecule has 0 fully saturated rings. The van der Waals surface area contributed by atoms with Crippen LogP contribution in [0.2, 0.25) is 0 Å². The average Bonchev–Trinajstić information content (AvgIpc) is 2.60. The SMILES string of the molecule is O=C(O)C[C@@H](Cc1ccccc1)C(=O)SCC(=O)c1ccccc1. The van der Waals surface area contributed by atoms with Crippen molar-refractivity contribution in [3.05, 3.63) is 71.8 Å². The molecule has 0 radical (unpaired) electrons. The number of aliphatic carboxylic acids is 1. The fourth-order valence-electron chi connectivity index (χ4n) is 2.31. The number of carbonyl (C=O) groups is 3. The molecule has 0 aliphatic rings. The van der Waals surface area contributed by atoms with E-state index in [0.717, 1.165) is 17.3 Å². The molecule has 24 heavy (non-hydrogen) atoms. The van der Waals surface area contributed by atoms with Gasteiger partial charge in [-0.15, -0.1) is 0 Å². The molecule has 0 aromatic heterocycles. The Balaban J connectivity index is 1.97. The third-order valence-electron chi connectivity index (χ3n) is 3.52. The van der Waals surface area contributed by atoms with Crippen molar-refractivity contribution in [3.63, 3.8) is 0 Å². The van der Waals surface area contributed by atoms with Gasteiger partial charge in [-0.2, -0.15) is 0 Å². The molecule has 2 rings (SSSR count). The highest BCUT2D eigenvalue weighted by Crippen LogP contribution is 2.21. The smallest absolute Gasteiger partial charge is 0.304 e. The summed E-state index contributed by atoms with van der Waals surface area (Å²) in [5.41, 5.74) is 1.46. The van der Waals surface area contributed by atoms with E-state index in [1.54, 1.807) is 24.3 Å². The maximum absolute atomic E-state index is 12.4. The molecule has 2 aromatic rings. The third kappa shape index (κ3) is 5.66. The van der Waals surface area contributed by atoms with E-state index >= 15 is 0 Å². The molecule has 0 aliphatic carbocycles. The number of hydrogen-bond donors (Lipinski definition) is 1. The van der Waals surface area contributed by atoms with E-state index in [0.29, 0.717) is 12.0 Å². The Morgan fingerprint density at radius 2 is 1.50 bits per heavy atom. The molecule has 0 saturated carbocycles. The predicted octanol–water partition coefficient (Wildman–Crippen LogP) is 3.46. The standard InChI is InChI=1S/C19H18O4S/c20-17(15-9-5-2-6-10-15)13-24-19(23)16(12-18(21)22)11-14-7-3-1-4-8-14/h1-10,16H,11-13H2,(H,21,22)/t16-/m1/s1. The number of hydrogen-bond acceptors (Lipinski definition) is 4. The Bertz CT molecular complexity index is 698. The Kier molecular flexibility index (Phi) is 6.75. The molecule has 0 unspecified atom stereocenters. The number of Topliss-reactive ketones (excluding diaryl/α,β-unsaturated/α-hetero) is 1. The van der Waals surface area contributed by atoms with Crippen LogP contribution in [-0.2, 0) is 16.0 Å². The first-order valence-corrected chi connectivity index (χ1v) is 8.55. The van der Waals surface area contributed by atoms with Gasteiger partial charge in [-0.25, -0.2) is 0 Å². The number of ketones is 1. The summed E-state index contributed by atoms with van der Waals surface area (Å²) in [4.78, 5) is 35.5. The van der Waals surface area contributed by atoms with Crippen molar-refractivity contribution in [3.8, 4) is 0 Å². The second-order valence-electron chi connectivity index (χ2n) is 5.38. The molecular formula is C19H18O4S. The first kappa shape index (κ1) is 17.9. The van der Waals surface area contributed by atoms with Crippen LogP contribution in [0, 0.1) is 5.92 Å². The Hall–Kier alpha value is -2.40. The van der Waals surface area contributed by atoms with Crippen LogP contribution >= 0.6 is 11.8 Å². The van der Waals surface area contributed by atoms with Crippen molar-refractivity contribution in [1.29, 1.82) is 0 Å². The van der Waals surface area contributed by atoms with E-state index in [2.05, 4.69) is 0 Å². The molecule has 124 valence electrons. The van der Waals surface area contributed by atoms with Crippen molar-refractivity contribution in [2.75, 3.05) is 5.75 Å². The van der Waals surface area contributed by atoms with Gasteiger partial charge in [-0.1, -0.05) is 72.4 Å². The lowest BCUT2D eigenvalue weighted by molar-refractivity contribution is -0.139. The van der Waals surface area contributed by atoms with E-state index in [4.69, 9.17) is 5.11 Å². The lowest BCUT2D eigenvalue weighted by Crippen LogP contribution is -2.19. The van der Waals surface area contributed by atoms with E-state index < -0.39 is 11.9 Å². The molecule has 1 atom stereocenters. The van der Waals surface area contributed by atoms with Crippen LogP contribution < -0.4 is 0 Å². The van der Waals surface area contributed by atoms with Gasteiger partial charge in [0.15, 0.2) is 10.9 Å². The summed E-state index contributed by atoms with van der Waals surface area (Å²) in [6.07, 6.45) is 0.124. The summed E-state index contributed by atoms with van der Waals surface area (Å²) in [7, 11) is 0. The first-order chi connectivity index (χ1) is 11.6. The molecule has 0 spiro atoms. The second-order valence-corrected chi connectivity index (χ2v) is 6.36. The molecule has 1 N–H and O–H groups in total. The summed E-state index contributed by atoms with van der Waals surface area (Å²) < 4.78 is 0. The van der Waals surface area contributed by atoms with Gasteiger partial charge in [0.25, 0.3) is 0 Å². The zero-order valence-corrected chi connectivity index (χ0v) is 13.9. The number of rotatable bonds is 8. The minimum absolute atomic E-state index is 0.0216. The first-order valence-electron chi connectivity index (χ1n) is 7.57. The number of carbonyl (C=O) groups excluding carboxylic acids is 2. The summed E-state index contributed by atoms with van der Waals surface area (Å²) in [5.74, 6) is -1.77. The van der Waals surface area contributed by atoms with Crippen LogP contribution in [0.1, 0.15) is 22.3 Å². The Labute approximate surface area is 144 Å². The van der Waals surface area contributed by atoms with E-state index in [1.807, 2.05) is 36.4 Å². The van der Waals surface area contributed by atoms with Gasteiger partial charge in [0, 0.05) is 11.5 Å². The molecule has 0 heterocycles. The summed E-state index contributed by atoms with van der Waals surface area (Å²) in [6, 6.07) is 18.0. The highest BCUT2D eigenvalue weighted by molar-refractivity contribution is 8.14. The topological polar surface area (TPSA) is 71.4 Å². The largest absolute Gasteiger partial charge is 0.481 e. The van der Waals surface area contributed by atoms with Crippen LogP contribution in [0.5, 0.6) is 0 Å². The predicted molar refractivity (Wildman–Crippen MR) is 94.1 cm³/mol. The Morgan fingerprint density at radius 3 is 2.08 bits per heavy atom. The molecule has 4 nitrogen and oxygen atoms in total. The fourth-order valence-corrected chi connectivity index (χ4v) is 3.15. The van der Waals surface area contributed by atoms with Crippen molar-refractivity contribution >= 4 is 28.6 Å². The highest BCUT2D eigenvalue weighted by atomic mass is 32.2. The average molecular weight is 342 g/mol. The van der Waals surface area contributed by atoms with Gasteiger partial charge in [-0.3, -0.25) is 14.4 Å². The van der Waals surface area contributed by atoms with Gasteiger partial charge >= 0.3 is 5.97 Å². The number of thioether (sulfide) groups is 1.